The minimum atomic E-state index is -0.130. The highest BCUT2D eigenvalue weighted by Crippen LogP contribution is 2.33. The van der Waals surface area contributed by atoms with Crippen molar-refractivity contribution in [3.05, 3.63) is 96.6 Å². The number of benzene rings is 4. The molecule has 0 atom stereocenters. The molecule has 1 aliphatic rings. The van der Waals surface area contributed by atoms with Gasteiger partial charge >= 0.3 is 0 Å². The van der Waals surface area contributed by atoms with E-state index in [2.05, 4.69) is 15.5 Å². The van der Waals surface area contributed by atoms with E-state index in [1.54, 1.807) is 0 Å². The van der Waals surface area contributed by atoms with Crippen LogP contribution in [0, 0.1) is 0 Å². The second-order valence-electron chi connectivity index (χ2n) is 7.81. The summed E-state index contributed by atoms with van der Waals surface area (Å²) in [4.78, 5) is 15.6. The van der Waals surface area contributed by atoms with E-state index in [1.807, 2.05) is 91.0 Å². The lowest BCUT2D eigenvalue weighted by Gasteiger charge is -2.31. The van der Waals surface area contributed by atoms with E-state index in [1.165, 1.54) is 0 Å². The molecule has 5 rings (SSSR count). The van der Waals surface area contributed by atoms with Gasteiger partial charge in [0.2, 0.25) is 0 Å². The Kier molecular flexibility index (Phi) is 5.73. The fraction of sp³-hybridized carbons (Fsp3) is 0.148. The van der Waals surface area contributed by atoms with Crippen LogP contribution in [0.4, 0.5) is 11.4 Å². The second-order valence-corrected chi connectivity index (χ2v) is 7.81. The molecule has 0 bridgehead atoms. The number of hydrogen-bond acceptors (Lipinski definition) is 4. The van der Waals surface area contributed by atoms with E-state index in [9.17, 15) is 4.79 Å². The summed E-state index contributed by atoms with van der Waals surface area (Å²) < 4.78 is 6.04. The average molecular weight is 424 g/mol. The number of carbonyl (C=O) groups excluding carboxylic acids is 1. The molecule has 5 nitrogen and oxygen atoms in total. The van der Waals surface area contributed by atoms with Gasteiger partial charge in [-0.1, -0.05) is 54.6 Å². The van der Waals surface area contributed by atoms with Crippen LogP contribution in [-0.4, -0.2) is 32.1 Å². The highest BCUT2D eigenvalue weighted by Gasteiger charge is 2.18. The van der Waals surface area contributed by atoms with Crippen molar-refractivity contribution in [2.45, 2.75) is 0 Å². The summed E-state index contributed by atoms with van der Waals surface area (Å²) in [5, 5.41) is 8.53. The molecule has 4 aromatic rings. The molecule has 1 saturated heterocycles. The fourth-order valence-electron chi connectivity index (χ4n) is 4.10. The van der Waals surface area contributed by atoms with Crippen molar-refractivity contribution in [2.75, 3.05) is 36.4 Å². The topological polar surface area (TPSA) is 53.6 Å². The molecule has 0 spiro atoms. The standard InChI is InChI=1S/C27H25N3O2/c31-27(24-12-6-8-20-7-4-5-11-23(20)24)29-25-19-22(32-21-9-2-1-3-10-21)13-14-26(25)30-17-15-28-16-18-30/h1-14,19,28H,15-18H2,(H,29,31). The van der Waals surface area contributed by atoms with E-state index in [0.29, 0.717) is 11.3 Å². The molecule has 4 aromatic carbocycles. The molecule has 0 saturated carbocycles. The maximum Gasteiger partial charge on any atom is 0.256 e. The third kappa shape index (κ3) is 4.29. The number of ether oxygens (including phenoxy) is 1. The van der Waals surface area contributed by atoms with E-state index < -0.39 is 0 Å². The third-order valence-electron chi connectivity index (χ3n) is 5.69. The SMILES string of the molecule is O=C(Nc1cc(Oc2ccccc2)ccc1N1CCNCC1)c1cccc2ccccc12. The van der Waals surface area contributed by atoms with Gasteiger partial charge < -0.3 is 20.3 Å². The number of nitrogens with zero attached hydrogens (tertiary/aromatic N) is 1. The lowest BCUT2D eigenvalue weighted by atomic mass is 10.0. The predicted molar refractivity (Wildman–Crippen MR) is 130 cm³/mol. The van der Waals surface area contributed by atoms with Crippen LogP contribution in [0.15, 0.2) is 91.0 Å². The van der Waals surface area contributed by atoms with Crippen molar-refractivity contribution in [3.8, 4) is 11.5 Å². The number of rotatable bonds is 5. The number of para-hydroxylation sites is 1. The van der Waals surface area contributed by atoms with Gasteiger partial charge in [0.15, 0.2) is 0 Å². The number of fused-ring (bicyclic) bond motifs is 1. The highest BCUT2D eigenvalue weighted by atomic mass is 16.5. The van der Waals surface area contributed by atoms with Gasteiger partial charge in [0.05, 0.1) is 11.4 Å². The molecule has 160 valence electrons. The van der Waals surface area contributed by atoms with Crippen LogP contribution < -0.4 is 20.3 Å². The van der Waals surface area contributed by atoms with Crippen LogP contribution in [0.5, 0.6) is 11.5 Å². The van der Waals surface area contributed by atoms with E-state index in [0.717, 1.165) is 54.1 Å². The molecule has 1 fully saturated rings. The van der Waals surface area contributed by atoms with Crippen molar-refractivity contribution in [3.63, 3.8) is 0 Å². The van der Waals surface area contributed by atoms with Crippen molar-refractivity contribution in [2.24, 2.45) is 0 Å². The first-order chi connectivity index (χ1) is 15.8. The Balaban J connectivity index is 1.49. The molecular weight excluding hydrogens is 398 g/mol. The molecule has 0 aromatic heterocycles. The Bertz CT molecular complexity index is 1230. The maximum atomic E-state index is 13.3. The first-order valence-electron chi connectivity index (χ1n) is 10.9. The van der Waals surface area contributed by atoms with Crippen LogP contribution in [0.1, 0.15) is 10.4 Å². The Labute approximate surface area is 187 Å². The normalized spacial score (nSPS) is 13.7. The van der Waals surface area contributed by atoms with E-state index in [4.69, 9.17) is 4.74 Å². The Morgan fingerprint density at radius 3 is 2.41 bits per heavy atom. The second kappa shape index (κ2) is 9.12. The summed E-state index contributed by atoms with van der Waals surface area (Å²) >= 11 is 0. The lowest BCUT2D eigenvalue weighted by Crippen LogP contribution is -2.43. The highest BCUT2D eigenvalue weighted by molar-refractivity contribution is 6.13. The number of piperazine rings is 1. The van der Waals surface area contributed by atoms with Gasteiger partial charge in [-0.05, 0) is 41.1 Å². The zero-order chi connectivity index (χ0) is 21.8. The monoisotopic (exact) mass is 423 g/mol. The zero-order valence-corrected chi connectivity index (χ0v) is 17.8. The minimum Gasteiger partial charge on any atom is -0.457 e. The number of nitrogens with one attached hydrogen (secondary N) is 2. The van der Waals surface area contributed by atoms with Crippen LogP contribution >= 0.6 is 0 Å². The molecule has 1 heterocycles. The van der Waals surface area contributed by atoms with Crippen molar-refractivity contribution in [1.82, 2.24) is 5.32 Å². The summed E-state index contributed by atoms with van der Waals surface area (Å²) in [5.74, 6) is 1.31. The summed E-state index contributed by atoms with van der Waals surface area (Å²) in [6, 6.07) is 29.3. The molecule has 1 amide bonds. The van der Waals surface area contributed by atoms with Gasteiger partial charge in [0.1, 0.15) is 11.5 Å². The van der Waals surface area contributed by atoms with Crippen LogP contribution in [0.2, 0.25) is 0 Å². The number of amides is 1. The molecule has 0 radical (unpaired) electrons. The smallest absolute Gasteiger partial charge is 0.256 e. The summed E-state index contributed by atoms with van der Waals surface area (Å²) in [5.41, 5.74) is 2.41. The van der Waals surface area contributed by atoms with Crippen LogP contribution in [-0.2, 0) is 0 Å². The largest absolute Gasteiger partial charge is 0.457 e. The Morgan fingerprint density at radius 2 is 1.56 bits per heavy atom. The van der Waals surface area contributed by atoms with E-state index >= 15 is 0 Å². The minimum absolute atomic E-state index is 0.130. The van der Waals surface area contributed by atoms with Crippen LogP contribution in [0.25, 0.3) is 10.8 Å². The first kappa shape index (κ1) is 20.1. The van der Waals surface area contributed by atoms with Gasteiger partial charge in [-0.3, -0.25) is 4.79 Å². The maximum absolute atomic E-state index is 13.3. The first-order valence-corrected chi connectivity index (χ1v) is 10.9. The molecule has 0 unspecified atom stereocenters. The quantitative estimate of drug-likeness (QED) is 0.458. The summed E-state index contributed by atoms with van der Waals surface area (Å²) in [6.45, 7) is 3.60. The summed E-state index contributed by atoms with van der Waals surface area (Å²) in [6.07, 6.45) is 0. The zero-order valence-electron chi connectivity index (χ0n) is 17.8. The van der Waals surface area contributed by atoms with Gasteiger partial charge in [-0.2, -0.15) is 0 Å². The number of carbonyl (C=O) groups is 1. The lowest BCUT2D eigenvalue weighted by molar-refractivity contribution is 0.102. The molecule has 1 aliphatic heterocycles. The average Bonchev–Trinajstić information content (AvgIpc) is 2.85. The van der Waals surface area contributed by atoms with Gasteiger partial charge in [-0.25, -0.2) is 0 Å². The summed E-state index contributed by atoms with van der Waals surface area (Å²) in [7, 11) is 0. The van der Waals surface area contributed by atoms with Crippen molar-refractivity contribution in [1.29, 1.82) is 0 Å². The Morgan fingerprint density at radius 1 is 0.812 bits per heavy atom. The van der Waals surface area contributed by atoms with Gasteiger partial charge in [-0.15, -0.1) is 0 Å². The number of anilines is 2. The van der Waals surface area contributed by atoms with Gasteiger partial charge in [0, 0.05) is 37.8 Å². The third-order valence-corrected chi connectivity index (χ3v) is 5.69. The predicted octanol–water partition coefficient (Wildman–Crippen LogP) is 5.29. The molecule has 5 heteroatoms. The number of hydrogen-bond donors (Lipinski definition) is 2. The Hall–Kier alpha value is -3.83. The van der Waals surface area contributed by atoms with Crippen molar-refractivity contribution >= 4 is 28.1 Å². The molecule has 0 aliphatic carbocycles. The fourth-order valence-corrected chi connectivity index (χ4v) is 4.10. The van der Waals surface area contributed by atoms with Gasteiger partial charge in [0.25, 0.3) is 5.91 Å². The van der Waals surface area contributed by atoms with Crippen LogP contribution in [0.3, 0.4) is 0 Å². The van der Waals surface area contributed by atoms with E-state index in [-0.39, 0.29) is 5.91 Å². The van der Waals surface area contributed by atoms with Crippen molar-refractivity contribution < 1.29 is 9.53 Å². The molecule has 32 heavy (non-hydrogen) atoms. The molecule has 2 N–H and O–H groups in total. The molecular formula is C27H25N3O2.